The van der Waals surface area contributed by atoms with Crippen molar-refractivity contribution in [3.05, 3.63) is 102 Å². The van der Waals surface area contributed by atoms with E-state index in [0.717, 1.165) is 16.7 Å². The molecular formula is C36H39N3O5. The average molecular weight is 594 g/mol. The second-order valence-electron chi connectivity index (χ2n) is 11.5. The van der Waals surface area contributed by atoms with Crippen molar-refractivity contribution in [3.8, 4) is 22.7 Å². The zero-order valence-corrected chi connectivity index (χ0v) is 25.3. The maximum atomic E-state index is 14.5. The van der Waals surface area contributed by atoms with Crippen molar-refractivity contribution in [2.24, 2.45) is 11.8 Å². The van der Waals surface area contributed by atoms with Gasteiger partial charge in [0.2, 0.25) is 11.7 Å². The zero-order valence-electron chi connectivity index (χ0n) is 25.3. The molecule has 2 atom stereocenters. The number of benzene rings is 3. The Labute approximate surface area is 258 Å². The van der Waals surface area contributed by atoms with E-state index >= 15 is 0 Å². The summed E-state index contributed by atoms with van der Waals surface area (Å²) in [6, 6.07) is 27.4. The Bertz CT molecular complexity index is 1530. The van der Waals surface area contributed by atoms with Gasteiger partial charge in [-0.2, -0.15) is 0 Å². The first-order valence-corrected chi connectivity index (χ1v) is 15.3. The number of ketones is 2. The SMILES string of the molecule is CC(C)C[C@H](NC(=O)N1CCOCC1)C(=O)[C@H](CCc1ccccc1)C(=O)c1oc(-c2ccccc2)nc1-c1ccccc1. The Hall–Kier alpha value is -4.56. The van der Waals surface area contributed by atoms with E-state index in [1.165, 1.54) is 0 Å². The van der Waals surface area contributed by atoms with E-state index in [-0.39, 0.29) is 29.9 Å². The highest BCUT2D eigenvalue weighted by atomic mass is 16.5. The summed E-state index contributed by atoms with van der Waals surface area (Å²) in [5, 5.41) is 2.96. The largest absolute Gasteiger partial charge is 0.432 e. The highest BCUT2D eigenvalue weighted by molar-refractivity contribution is 6.13. The summed E-state index contributed by atoms with van der Waals surface area (Å²) < 4.78 is 11.6. The van der Waals surface area contributed by atoms with Gasteiger partial charge in [-0.05, 0) is 42.9 Å². The molecule has 4 aromatic rings. The van der Waals surface area contributed by atoms with Gasteiger partial charge in [0.15, 0.2) is 11.5 Å². The predicted octanol–water partition coefficient (Wildman–Crippen LogP) is 6.47. The molecule has 3 aromatic carbocycles. The number of aromatic nitrogens is 1. The van der Waals surface area contributed by atoms with Crippen LogP contribution in [0.3, 0.4) is 0 Å². The van der Waals surface area contributed by atoms with Crippen LogP contribution in [-0.4, -0.2) is 59.8 Å². The third-order valence-electron chi connectivity index (χ3n) is 7.79. The number of morpholine rings is 1. The van der Waals surface area contributed by atoms with Crippen LogP contribution in [0.2, 0.25) is 0 Å². The summed E-state index contributed by atoms with van der Waals surface area (Å²) in [6.45, 7) is 5.80. The molecule has 1 saturated heterocycles. The van der Waals surface area contributed by atoms with E-state index in [2.05, 4.69) is 5.32 Å². The maximum Gasteiger partial charge on any atom is 0.318 e. The lowest BCUT2D eigenvalue weighted by molar-refractivity contribution is -0.124. The molecule has 2 amide bonds. The fraction of sp³-hybridized carbons (Fsp3) is 0.333. The molecule has 5 rings (SSSR count). The number of hydrogen-bond donors (Lipinski definition) is 1. The molecule has 1 fully saturated rings. The number of urea groups is 1. The summed E-state index contributed by atoms with van der Waals surface area (Å²) in [4.78, 5) is 48.6. The first kappa shape index (κ1) is 30.9. The van der Waals surface area contributed by atoms with Crippen LogP contribution in [0.15, 0.2) is 95.4 Å². The number of amides is 2. The van der Waals surface area contributed by atoms with Gasteiger partial charge >= 0.3 is 6.03 Å². The van der Waals surface area contributed by atoms with Crippen LogP contribution in [0.5, 0.6) is 0 Å². The van der Waals surface area contributed by atoms with Gasteiger partial charge in [-0.25, -0.2) is 9.78 Å². The molecule has 0 bridgehead atoms. The van der Waals surface area contributed by atoms with Crippen LogP contribution >= 0.6 is 0 Å². The highest BCUT2D eigenvalue weighted by Crippen LogP contribution is 2.32. The molecule has 44 heavy (non-hydrogen) atoms. The third kappa shape index (κ3) is 7.68. The molecule has 1 aliphatic rings. The summed E-state index contributed by atoms with van der Waals surface area (Å²) in [5.41, 5.74) is 2.85. The Morgan fingerprint density at radius 2 is 1.43 bits per heavy atom. The fourth-order valence-electron chi connectivity index (χ4n) is 5.47. The first-order chi connectivity index (χ1) is 21.4. The van der Waals surface area contributed by atoms with Crippen molar-refractivity contribution in [3.63, 3.8) is 0 Å². The average Bonchev–Trinajstić information content (AvgIpc) is 3.52. The number of hydrogen-bond acceptors (Lipinski definition) is 6. The molecule has 1 N–H and O–H groups in total. The van der Waals surface area contributed by atoms with Crippen molar-refractivity contribution in [1.82, 2.24) is 15.2 Å². The van der Waals surface area contributed by atoms with Gasteiger partial charge in [0.1, 0.15) is 5.69 Å². The predicted molar refractivity (Wildman–Crippen MR) is 169 cm³/mol. The van der Waals surface area contributed by atoms with Crippen LogP contribution in [0, 0.1) is 11.8 Å². The summed E-state index contributed by atoms with van der Waals surface area (Å²) in [5.74, 6) is -1.35. The normalized spacial score (nSPS) is 14.7. The number of oxazole rings is 1. The van der Waals surface area contributed by atoms with E-state index in [1.807, 2.05) is 105 Å². The Morgan fingerprint density at radius 1 is 0.841 bits per heavy atom. The number of nitrogens with one attached hydrogen (secondary N) is 1. The van der Waals surface area contributed by atoms with E-state index in [4.69, 9.17) is 14.1 Å². The second kappa shape index (κ2) is 14.8. The van der Waals surface area contributed by atoms with Crippen molar-refractivity contribution in [1.29, 1.82) is 0 Å². The molecule has 0 radical (unpaired) electrons. The van der Waals surface area contributed by atoms with E-state index in [9.17, 15) is 14.4 Å². The molecule has 2 heterocycles. The number of Topliss-reactive ketones (excluding diaryl/α,β-unsaturated/α-hetero) is 2. The quantitative estimate of drug-likeness (QED) is 0.149. The van der Waals surface area contributed by atoms with Crippen molar-refractivity contribution in [2.75, 3.05) is 26.3 Å². The number of nitrogens with zero attached hydrogens (tertiary/aromatic N) is 2. The van der Waals surface area contributed by atoms with E-state index in [1.54, 1.807) is 4.90 Å². The number of carbonyl (C=O) groups excluding carboxylic acids is 3. The number of ether oxygens (including phenoxy) is 1. The topological polar surface area (TPSA) is 102 Å². The van der Waals surface area contributed by atoms with Crippen molar-refractivity contribution < 1.29 is 23.5 Å². The van der Waals surface area contributed by atoms with Crippen LogP contribution in [0.4, 0.5) is 4.79 Å². The number of carbonyl (C=O) groups is 3. The molecule has 0 saturated carbocycles. The minimum atomic E-state index is -1.05. The highest BCUT2D eigenvalue weighted by Gasteiger charge is 2.38. The van der Waals surface area contributed by atoms with Crippen LogP contribution in [0.25, 0.3) is 22.7 Å². The molecule has 228 valence electrons. The molecular weight excluding hydrogens is 554 g/mol. The van der Waals surface area contributed by atoms with Gasteiger partial charge in [0.25, 0.3) is 0 Å². The summed E-state index contributed by atoms with van der Waals surface area (Å²) >= 11 is 0. The first-order valence-electron chi connectivity index (χ1n) is 15.3. The molecule has 1 aromatic heterocycles. The Morgan fingerprint density at radius 3 is 2.05 bits per heavy atom. The Kier molecular flexibility index (Phi) is 10.4. The zero-order chi connectivity index (χ0) is 30.9. The van der Waals surface area contributed by atoms with Gasteiger partial charge in [0, 0.05) is 24.2 Å². The molecule has 8 nitrogen and oxygen atoms in total. The van der Waals surface area contributed by atoms with Crippen LogP contribution in [0.1, 0.15) is 42.8 Å². The number of aryl methyl sites for hydroxylation is 1. The third-order valence-corrected chi connectivity index (χ3v) is 7.79. The van der Waals surface area contributed by atoms with Gasteiger partial charge in [-0.1, -0.05) is 92.7 Å². The summed E-state index contributed by atoms with van der Waals surface area (Å²) in [7, 11) is 0. The van der Waals surface area contributed by atoms with Crippen molar-refractivity contribution >= 4 is 17.6 Å². The Balaban J connectivity index is 1.52. The smallest absolute Gasteiger partial charge is 0.318 e. The lowest BCUT2D eigenvalue weighted by Gasteiger charge is -2.30. The second-order valence-corrected chi connectivity index (χ2v) is 11.5. The van der Waals surface area contributed by atoms with Crippen LogP contribution < -0.4 is 5.32 Å². The maximum absolute atomic E-state index is 14.5. The van der Waals surface area contributed by atoms with Gasteiger partial charge < -0.3 is 19.4 Å². The molecule has 8 heteroatoms. The van der Waals surface area contributed by atoms with E-state index in [0.29, 0.717) is 50.7 Å². The van der Waals surface area contributed by atoms with Gasteiger partial charge in [-0.3, -0.25) is 9.59 Å². The van der Waals surface area contributed by atoms with Crippen LogP contribution in [-0.2, 0) is 16.0 Å². The van der Waals surface area contributed by atoms with Crippen molar-refractivity contribution in [2.45, 2.75) is 39.2 Å². The fourth-order valence-corrected chi connectivity index (χ4v) is 5.47. The number of rotatable bonds is 12. The van der Waals surface area contributed by atoms with Gasteiger partial charge in [0.05, 0.1) is 25.2 Å². The molecule has 1 aliphatic heterocycles. The monoisotopic (exact) mass is 593 g/mol. The molecule has 0 aliphatic carbocycles. The lowest BCUT2D eigenvalue weighted by Crippen LogP contribution is -2.53. The lowest BCUT2D eigenvalue weighted by atomic mass is 9.84. The molecule has 0 spiro atoms. The minimum Gasteiger partial charge on any atom is -0.432 e. The minimum absolute atomic E-state index is 0.0456. The van der Waals surface area contributed by atoms with Gasteiger partial charge in [-0.15, -0.1) is 0 Å². The summed E-state index contributed by atoms with van der Waals surface area (Å²) in [6.07, 6.45) is 1.18. The van der Waals surface area contributed by atoms with E-state index < -0.39 is 17.7 Å². The molecule has 0 unspecified atom stereocenters. The standard InChI is InChI=1S/C36H39N3O5/c1-25(2)24-30(37-36(42)39-20-22-43-23-21-39)32(40)29(19-18-26-12-6-3-7-13-26)33(41)34-31(27-14-8-4-9-15-27)38-35(44-34)28-16-10-5-11-17-28/h3-17,25,29-30H,18-24H2,1-2H3,(H,37,42)/t29-,30-/m0/s1.